The molecular weight excluding hydrogens is 402 g/mol. The Kier molecular flexibility index (Phi) is 8.14. The summed E-state index contributed by atoms with van der Waals surface area (Å²) in [5, 5.41) is 5.68. The van der Waals surface area contributed by atoms with Crippen molar-refractivity contribution in [3.63, 3.8) is 0 Å². The molecule has 0 bridgehead atoms. The number of carbonyl (C=O) groups excluding carboxylic acids is 2. The highest BCUT2D eigenvalue weighted by Crippen LogP contribution is 2.13. The van der Waals surface area contributed by atoms with Crippen molar-refractivity contribution in [3.8, 4) is 0 Å². The number of carbonyl (C=O) groups is 2. The van der Waals surface area contributed by atoms with E-state index in [0.29, 0.717) is 5.56 Å². The Hall–Kier alpha value is -2.71. The molecule has 3 N–H and O–H groups in total. The first kappa shape index (κ1) is 23.6. The summed E-state index contributed by atoms with van der Waals surface area (Å²) in [6.07, 6.45) is 0.836. The minimum absolute atomic E-state index is 0.0348. The fourth-order valence-corrected chi connectivity index (χ4v) is 4.00. The normalized spacial score (nSPS) is 12.4. The van der Waals surface area contributed by atoms with E-state index in [9.17, 15) is 18.0 Å². The second kappa shape index (κ2) is 10.4. The summed E-state index contributed by atoms with van der Waals surface area (Å²) in [5.74, 6) is -0.556. The van der Waals surface area contributed by atoms with Gasteiger partial charge in [0.15, 0.2) is 0 Å². The van der Waals surface area contributed by atoms with Crippen LogP contribution < -0.4 is 15.4 Å². The molecule has 8 heteroatoms. The Balaban J connectivity index is 2.07. The van der Waals surface area contributed by atoms with Gasteiger partial charge in [-0.1, -0.05) is 25.1 Å². The fraction of sp³-hybridized carbons (Fsp3) is 0.364. The minimum Gasteiger partial charge on any atom is -0.350 e. The van der Waals surface area contributed by atoms with E-state index in [1.807, 2.05) is 19.9 Å². The number of hydrogen-bond donors (Lipinski definition) is 3. The zero-order valence-corrected chi connectivity index (χ0v) is 18.5. The second-order valence-corrected chi connectivity index (χ2v) is 9.18. The van der Waals surface area contributed by atoms with E-state index in [1.165, 1.54) is 18.2 Å². The lowest BCUT2D eigenvalue weighted by Gasteiger charge is -2.12. The topological polar surface area (TPSA) is 104 Å². The van der Waals surface area contributed by atoms with Crippen LogP contribution in [0.1, 0.15) is 60.4 Å². The van der Waals surface area contributed by atoms with Gasteiger partial charge in [0.2, 0.25) is 10.0 Å². The van der Waals surface area contributed by atoms with Gasteiger partial charge in [-0.25, -0.2) is 13.1 Å². The quantitative estimate of drug-likeness (QED) is 0.568. The SMILES string of the molecule is CCC(C)NC(=O)c1cccc(CNC(=O)c2cccc(S(=O)(=O)NC(C)C)c2)c1. The standard InChI is InChI=1S/C22H29N3O4S/c1-5-16(4)24-22(27)18-9-6-8-17(12-18)14-23-21(26)19-10-7-11-20(13-19)30(28,29)25-15(2)3/h6-13,15-16,25H,5,14H2,1-4H3,(H,23,26)(H,24,27). The van der Waals surface area contributed by atoms with E-state index in [4.69, 9.17) is 0 Å². The maximum atomic E-state index is 12.5. The zero-order valence-electron chi connectivity index (χ0n) is 17.7. The van der Waals surface area contributed by atoms with Gasteiger partial charge in [0.05, 0.1) is 4.90 Å². The number of sulfonamides is 1. The Morgan fingerprint density at radius 2 is 1.57 bits per heavy atom. The third-order valence-electron chi connectivity index (χ3n) is 4.43. The molecule has 0 fully saturated rings. The van der Waals surface area contributed by atoms with Crippen LogP contribution in [0.2, 0.25) is 0 Å². The average molecular weight is 432 g/mol. The maximum Gasteiger partial charge on any atom is 0.251 e. The van der Waals surface area contributed by atoms with Gasteiger partial charge in [-0.2, -0.15) is 0 Å². The highest BCUT2D eigenvalue weighted by Gasteiger charge is 2.17. The lowest BCUT2D eigenvalue weighted by atomic mass is 10.1. The predicted molar refractivity (Wildman–Crippen MR) is 117 cm³/mol. The van der Waals surface area contributed by atoms with Crippen molar-refractivity contribution < 1.29 is 18.0 Å². The van der Waals surface area contributed by atoms with Crippen LogP contribution in [0, 0.1) is 0 Å². The van der Waals surface area contributed by atoms with Crippen molar-refractivity contribution in [1.29, 1.82) is 0 Å². The van der Waals surface area contributed by atoms with Crippen molar-refractivity contribution in [2.75, 3.05) is 0 Å². The van der Waals surface area contributed by atoms with E-state index < -0.39 is 15.9 Å². The van der Waals surface area contributed by atoms with E-state index in [1.54, 1.807) is 38.1 Å². The average Bonchev–Trinajstić information content (AvgIpc) is 2.71. The fourth-order valence-electron chi connectivity index (χ4n) is 2.70. The molecule has 0 radical (unpaired) electrons. The Morgan fingerprint density at radius 3 is 2.20 bits per heavy atom. The summed E-state index contributed by atoms with van der Waals surface area (Å²) in [6.45, 7) is 7.60. The lowest BCUT2D eigenvalue weighted by molar-refractivity contribution is 0.0936. The van der Waals surface area contributed by atoms with Gasteiger partial charge in [0.1, 0.15) is 0 Å². The maximum absolute atomic E-state index is 12.5. The van der Waals surface area contributed by atoms with Crippen LogP contribution in [0.3, 0.4) is 0 Å². The molecule has 2 amide bonds. The molecule has 7 nitrogen and oxygen atoms in total. The Labute approximate surface area is 178 Å². The zero-order chi connectivity index (χ0) is 22.3. The van der Waals surface area contributed by atoms with Crippen molar-refractivity contribution in [2.45, 2.75) is 57.6 Å². The number of hydrogen-bond acceptors (Lipinski definition) is 4. The Morgan fingerprint density at radius 1 is 0.933 bits per heavy atom. The van der Waals surface area contributed by atoms with Crippen molar-refractivity contribution >= 4 is 21.8 Å². The highest BCUT2D eigenvalue weighted by atomic mass is 32.2. The van der Waals surface area contributed by atoms with Gasteiger partial charge in [0.25, 0.3) is 11.8 Å². The van der Waals surface area contributed by atoms with Crippen LogP contribution in [0.25, 0.3) is 0 Å². The van der Waals surface area contributed by atoms with Crippen LogP contribution in [-0.4, -0.2) is 32.3 Å². The van der Waals surface area contributed by atoms with Crippen LogP contribution in [0.4, 0.5) is 0 Å². The molecule has 2 rings (SSSR count). The van der Waals surface area contributed by atoms with E-state index in [0.717, 1.165) is 12.0 Å². The van der Waals surface area contributed by atoms with Crippen LogP contribution in [0.5, 0.6) is 0 Å². The highest BCUT2D eigenvalue weighted by molar-refractivity contribution is 7.89. The third-order valence-corrected chi connectivity index (χ3v) is 6.09. The molecule has 0 aliphatic rings. The molecule has 0 saturated heterocycles. The summed E-state index contributed by atoms with van der Waals surface area (Å²) >= 11 is 0. The molecule has 1 unspecified atom stereocenters. The second-order valence-electron chi connectivity index (χ2n) is 7.47. The molecule has 0 aromatic heterocycles. The molecule has 0 saturated carbocycles. The first-order valence-corrected chi connectivity index (χ1v) is 11.4. The van der Waals surface area contributed by atoms with E-state index in [-0.39, 0.29) is 35.0 Å². The summed E-state index contributed by atoms with van der Waals surface area (Å²) in [5.41, 5.74) is 1.53. The molecule has 0 spiro atoms. The summed E-state index contributed by atoms with van der Waals surface area (Å²) in [6, 6.07) is 12.7. The molecule has 30 heavy (non-hydrogen) atoms. The van der Waals surface area contributed by atoms with Gasteiger partial charge in [-0.15, -0.1) is 0 Å². The van der Waals surface area contributed by atoms with Crippen LogP contribution >= 0.6 is 0 Å². The summed E-state index contributed by atoms with van der Waals surface area (Å²) < 4.78 is 27.1. The van der Waals surface area contributed by atoms with E-state index >= 15 is 0 Å². The van der Waals surface area contributed by atoms with Crippen LogP contribution in [-0.2, 0) is 16.6 Å². The molecular formula is C22H29N3O4S. The van der Waals surface area contributed by atoms with Crippen molar-refractivity contribution in [3.05, 3.63) is 65.2 Å². The van der Waals surface area contributed by atoms with Gasteiger partial charge in [0, 0.05) is 29.8 Å². The first-order valence-electron chi connectivity index (χ1n) is 9.92. The van der Waals surface area contributed by atoms with Gasteiger partial charge in [-0.3, -0.25) is 9.59 Å². The molecule has 162 valence electrons. The number of rotatable bonds is 9. The van der Waals surface area contributed by atoms with Gasteiger partial charge >= 0.3 is 0 Å². The first-order chi connectivity index (χ1) is 14.1. The van der Waals surface area contributed by atoms with E-state index in [2.05, 4.69) is 15.4 Å². The van der Waals surface area contributed by atoms with Crippen LogP contribution in [0.15, 0.2) is 53.4 Å². The smallest absolute Gasteiger partial charge is 0.251 e. The van der Waals surface area contributed by atoms with Crippen molar-refractivity contribution in [2.24, 2.45) is 0 Å². The van der Waals surface area contributed by atoms with Gasteiger partial charge < -0.3 is 10.6 Å². The van der Waals surface area contributed by atoms with Gasteiger partial charge in [-0.05, 0) is 63.1 Å². The van der Waals surface area contributed by atoms with Crippen molar-refractivity contribution in [1.82, 2.24) is 15.4 Å². The number of amides is 2. The molecule has 1 atom stereocenters. The summed E-state index contributed by atoms with van der Waals surface area (Å²) in [7, 11) is -3.68. The minimum atomic E-state index is -3.68. The third kappa shape index (κ3) is 6.67. The lowest BCUT2D eigenvalue weighted by Crippen LogP contribution is -2.32. The molecule has 2 aromatic carbocycles. The number of nitrogens with one attached hydrogen (secondary N) is 3. The molecule has 0 heterocycles. The number of benzene rings is 2. The predicted octanol–water partition coefficient (Wildman–Crippen LogP) is 2.83. The molecule has 2 aromatic rings. The molecule has 0 aliphatic carbocycles. The molecule has 0 aliphatic heterocycles. The Bertz CT molecular complexity index is 1000. The largest absolute Gasteiger partial charge is 0.350 e. The summed E-state index contributed by atoms with van der Waals surface area (Å²) in [4.78, 5) is 24.8. The monoisotopic (exact) mass is 431 g/mol.